The van der Waals surface area contributed by atoms with Crippen LogP contribution in [0.1, 0.15) is 84.6 Å². The molecular formula is C27H46O2Si. The van der Waals surface area contributed by atoms with Gasteiger partial charge in [0.25, 0.3) is 0 Å². The second kappa shape index (κ2) is 14.6. The molecule has 0 spiro atoms. The molecule has 1 aromatic carbocycles. The van der Waals surface area contributed by atoms with Crippen LogP contribution >= 0.6 is 0 Å². The van der Waals surface area contributed by atoms with Crippen LogP contribution in [0.3, 0.4) is 0 Å². The highest BCUT2D eigenvalue weighted by atomic mass is 28.3. The van der Waals surface area contributed by atoms with Gasteiger partial charge in [-0.2, -0.15) is 0 Å². The molecule has 0 saturated heterocycles. The molecule has 0 N–H and O–H groups in total. The molecule has 0 radical (unpaired) electrons. The van der Waals surface area contributed by atoms with Crippen molar-refractivity contribution in [3.05, 3.63) is 23.8 Å². The number of hydrogen-bond donors (Lipinski definition) is 0. The summed E-state index contributed by atoms with van der Waals surface area (Å²) < 4.78 is 12.4. The number of rotatable bonds is 14. The maximum Gasteiger partial charge on any atom is 0.135 e. The molecule has 3 heteroatoms. The average molecular weight is 431 g/mol. The lowest BCUT2D eigenvalue weighted by Gasteiger charge is -2.18. The molecule has 30 heavy (non-hydrogen) atoms. The predicted molar refractivity (Wildman–Crippen MR) is 134 cm³/mol. The van der Waals surface area contributed by atoms with E-state index in [1.54, 1.807) is 0 Å². The van der Waals surface area contributed by atoms with Crippen molar-refractivity contribution in [1.82, 2.24) is 0 Å². The summed E-state index contributed by atoms with van der Waals surface area (Å²) in [7, 11) is -1.46. The van der Waals surface area contributed by atoms with Crippen LogP contribution in [0.25, 0.3) is 0 Å². The Morgan fingerprint density at radius 2 is 1.40 bits per heavy atom. The van der Waals surface area contributed by atoms with Crippen molar-refractivity contribution in [1.29, 1.82) is 0 Å². The van der Waals surface area contributed by atoms with Gasteiger partial charge in [-0.1, -0.05) is 91.8 Å². The largest absolute Gasteiger partial charge is 0.493 e. The predicted octanol–water partition coefficient (Wildman–Crippen LogP) is 8.11. The van der Waals surface area contributed by atoms with Gasteiger partial charge in [-0.15, -0.1) is 5.54 Å². The molecule has 0 amide bonds. The molecule has 0 aliphatic carbocycles. The SMILES string of the molecule is CCCCC(CC)COc1ccc(OCC(CC)CCCC)c(C#C[Si](C)(C)C)c1. The summed E-state index contributed by atoms with van der Waals surface area (Å²) in [6, 6.07) is 6.19. The van der Waals surface area contributed by atoms with Gasteiger partial charge in [-0.25, -0.2) is 0 Å². The third kappa shape index (κ3) is 11.1. The van der Waals surface area contributed by atoms with Crippen molar-refractivity contribution in [2.75, 3.05) is 13.2 Å². The Morgan fingerprint density at radius 1 is 0.833 bits per heavy atom. The molecule has 0 fully saturated rings. The molecule has 0 aliphatic rings. The third-order valence-corrected chi connectivity index (χ3v) is 6.44. The van der Waals surface area contributed by atoms with Crippen molar-refractivity contribution >= 4 is 8.07 Å². The highest BCUT2D eigenvalue weighted by molar-refractivity contribution is 6.83. The normalized spacial score (nSPS) is 13.3. The molecule has 0 aliphatic heterocycles. The van der Waals surface area contributed by atoms with Crippen molar-refractivity contribution < 1.29 is 9.47 Å². The van der Waals surface area contributed by atoms with E-state index in [0.29, 0.717) is 11.8 Å². The lowest BCUT2D eigenvalue weighted by atomic mass is 10.0. The molecule has 0 aromatic heterocycles. The number of benzene rings is 1. The molecule has 2 atom stereocenters. The number of hydrogen-bond acceptors (Lipinski definition) is 2. The van der Waals surface area contributed by atoms with Gasteiger partial charge in [-0.05, 0) is 42.9 Å². The number of unbranched alkanes of at least 4 members (excludes halogenated alkanes) is 2. The van der Waals surface area contributed by atoms with E-state index < -0.39 is 8.07 Å². The summed E-state index contributed by atoms with van der Waals surface area (Å²) in [6.07, 6.45) is 9.84. The molecular weight excluding hydrogens is 384 g/mol. The van der Waals surface area contributed by atoms with Crippen molar-refractivity contribution in [2.24, 2.45) is 11.8 Å². The maximum atomic E-state index is 6.26. The van der Waals surface area contributed by atoms with E-state index in [4.69, 9.17) is 9.47 Å². The zero-order chi connectivity index (χ0) is 22.4. The quantitative estimate of drug-likeness (QED) is 0.219. The first-order valence-electron chi connectivity index (χ1n) is 12.3. The maximum absolute atomic E-state index is 6.26. The standard InChI is InChI=1S/C27H46O2Si/c1-8-12-14-23(10-3)21-28-26-16-17-27(25(20-26)18-19-30(5,6)7)29-22-24(11-4)15-13-9-2/h16-17,20,23-24H,8-15,21-22H2,1-7H3. The minimum atomic E-state index is -1.46. The summed E-state index contributed by atoms with van der Waals surface area (Å²) in [5.41, 5.74) is 4.47. The Morgan fingerprint density at radius 3 is 1.90 bits per heavy atom. The van der Waals surface area contributed by atoms with Crippen molar-refractivity contribution in [3.63, 3.8) is 0 Å². The Kier molecular flexibility index (Phi) is 12.9. The van der Waals surface area contributed by atoms with E-state index >= 15 is 0 Å². The topological polar surface area (TPSA) is 18.5 Å². The monoisotopic (exact) mass is 430 g/mol. The zero-order valence-corrected chi connectivity index (χ0v) is 21.8. The lowest BCUT2D eigenvalue weighted by Crippen LogP contribution is -2.16. The van der Waals surface area contributed by atoms with E-state index in [-0.39, 0.29) is 0 Å². The van der Waals surface area contributed by atoms with Crippen LogP contribution in [0.4, 0.5) is 0 Å². The van der Waals surface area contributed by atoms with E-state index in [1.807, 2.05) is 0 Å². The van der Waals surface area contributed by atoms with Crippen LogP contribution < -0.4 is 9.47 Å². The minimum absolute atomic E-state index is 0.613. The lowest BCUT2D eigenvalue weighted by molar-refractivity contribution is 0.227. The Hall–Kier alpha value is -1.40. The summed E-state index contributed by atoms with van der Waals surface area (Å²) in [6.45, 7) is 17.4. The van der Waals surface area contributed by atoms with Crippen LogP contribution in [0.5, 0.6) is 11.5 Å². The molecule has 2 nitrogen and oxygen atoms in total. The fourth-order valence-corrected chi connectivity index (χ4v) is 3.80. The third-order valence-electron chi connectivity index (χ3n) is 5.57. The van der Waals surface area contributed by atoms with Gasteiger partial charge in [0.2, 0.25) is 0 Å². The fourth-order valence-electron chi connectivity index (χ4n) is 3.30. The van der Waals surface area contributed by atoms with Crippen molar-refractivity contribution in [3.8, 4) is 23.0 Å². The minimum Gasteiger partial charge on any atom is -0.493 e. The summed E-state index contributed by atoms with van der Waals surface area (Å²) in [5.74, 6) is 6.48. The average Bonchev–Trinajstić information content (AvgIpc) is 2.72. The first kappa shape index (κ1) is 26.6. The first-order chi connectivity index (χ1) is 14.3. The summed E-state index contributed by atoms with van der Waals surface area (Å²) in [5, 5.41) is 0. The van der Waals surface area contributed by atoms with Crippen LogP contribution in [0.2, 0.25) is 19.6 Å². The summed E-state index contributed by atoms with van der Waals surface area (Å²) >= 11 is 0. The molecule has 0 saturated carbocycles. The first-order valence-corrected chi connectivity index (χ1v) is 15.8. The Labute approximate surface area is 188 Å². The van der Waals surface area contributed by atoms with E-state index in [9.17, 15) is 0 Å². The highest BCUT2D eigenvalue weighted by Gasteiger charge is 2.13. The van der Waals surface area contributed by atoms with Crippen LogP contribution in [-0.2, 0) is 0 Å². The van der Waals surface area contributed by atoms with E-state index in [0.717, 1.165) is 36.7 Å². The molecule has 1 rings (SSSR count). The van der Waals surface area contributed by atoms with E-state index in [1.165, 1.54) is 44.9 Å². The summed E-state index contributed by atoms with van der Waals surface area (Å²) in [4.78, 5) is 0. The van der Waals surface area contributed by atoms with Crippen molar-refractivity contribution in [2.45, 2.75) is 98.7 Å². The smallest absolute Gasteiger partial charge is 0.135 e. The van der Waals surface area contributed by atoms with E-state index in [2.05, 4.69) is 77.0 Å². The Bertz CT molecular complexity index is 651. The van der Waals surface area contributed by atoms with Gasteiger partial charge in [0.15, 0.2) is 0 Å². The molecule has 0 heterocycles. The van der Waals surface area contributed by atoms with Gasteiger partial charge < -0.3 is 9.47 Å². The Balaban J connectivity index is 2.92. The fraction of sp³-hybridized carbons (Fsp3) is 0.704. The van der Waals surface area contributed by atoms with Crippen LogP contribution in [-0.4, -0.2) is 21.3 Å². The van der Waals surface area contributed by atoms with Gasteiger partial charge in [-0.3, -0.25) is 0 Å². The molecule has 170 valence electrons. The molecule has 0 bridgehead atoms. The molecule has 2 unspecified atom stereocenters. The van der Waals surface area contributed by atoms with Crippen LogP contribution in [0.15, 0.2) is 18.2 Å². The second-order valence-corrected chi connectivity index (χ2v) is 14.4. The second-order valence-electron chi connectivity index (χ2n) is 9.61. The van der Waals surface area contributed by atoms with Gasteiger partial charge in [0.05, 0.1) is 18.8 Å². The van der Waals surface area contributed by atoms with Crippen LogP contribution in [0, 0.1) is 23.3 Å². The van der Waals surface area contributed by atoms with Gasteiger partial charge in [0.1, 0.15) is 19.6 Å². The zero-order valence-electron chi connectivity index (χ0n) is 20.8. The molecule has 1 aromatic rings. The highest BCUT2D eigenvalue weighted by Crippen LogP contribution is 2.26. The van der Waals surface area contributed by atoms with Gasteiger partial charge >= 0.3 is 0 Å². The number of ether oxygens (including phenoxy) is 2. The van der Waals surface area contributed by atoms with Gasteiger partial charge in [0, 0.05) is 0 Å².